The van der Waals surface area contributed by atoms with Gasteiger partial charge in [-0.1, -0.05) is 29.8 Å². The van der Waals surface area contributed by atoms with Crippen LogP contribution in [-0.4, -0.2) is 55.1 Å². The fourth-order valence-corrected chi connectivity index (χ4v) is 2.84. The van der Waals surface area contributed by atoms with E-state index in [-0.39, 0.29) is 5.54 Å². The predicted octanol–water partition coefficient (Wildman–Crippen LogP) is 3.63. The highest BCUT2D eigenvalue weighted by atomic mass is 35.5. The molecule has 2 aromatic rings. The Morgan fingerprint density at radius 3 is 2.62 bits per heavy atom. The smallest absolute Gasteiger partial charge is 0.0983 e. The van der Waals surface area contributed by atoms with Crippen molar-refractivity contribution in [3.63, 3.8) is 0 Å². The summed E-state index contributed by atoms with van der Waals surface area (Å²) in [6.07, 6.45) is 2.13. The van der Waals surface area contributed by atoms with Crippen LogP contribution in [0, 0.1) is 0 Å². The maximum absolute atomic E-state index is 6.42. The number of aromatic nitrogens is 2. The zero-order valence-corrected chi connectivity index (χ0v) is 17.3. The second-order valence-electron chi connectivity index (χ2n) is 7.57. The van der Waals surface area contributed by atoms with Crippen molar-refractivity contribution in [2.75, 3.05) is 40.4 Å². The molecule has 0 radical (unpaired) electrons. The molecule has 1 aromatic carbocycles. The third-order valence-electron chi connectivity index (χ3n) is 4.27. The van der Waals surface area contributed by atoms with Gasteiger partial charge >= 0.3 is 0 Å². The first kappa shape index (κ1) is 20.9. The normalized spacial score (nSPS) is 12.1. The van der Waals surface area contributed by atoms with Crippen LogP contribution in [0.5, 0.6) is 0 Å². The summed E-state index contributed by atoms with van der Waals surface area (Å²) in [7, 11) is 3.84. The van der Waals surface area contributed by atoms with Crippen molar-refractivity contribution in [3.05, 3.63) is 41.0 Å². The van der Waals surface area contributed by atoms with E-state index in [4.69, 9.17) is 21.4 Å². The average Bonchev–Trinajstić information content (AvgIpc) is 3.01. The van der Waals surface area contributed by atoms with Crippen molar-refractivity contribution < 1.29 is 4.74 Å². The molecule has 2 rings (SSSR count). The summed E-state index contributed by atoms with van der Waals surface area (Å²) in [6, 6.07) is 7.88. The summed E-state index contributed by atoms with van der Waals surface area (Å²) < 4.78 is 7.13. The molecule has 0 bridgehead atoms. The first-order valence-electron chi connectivity index (χ1n) is 9.05. The largest absolute Gasteiger partial charge is 0.383 e. The minimum absolute atomic E-state index is 0.0748. The Morgan fingerprint density at radius 1 is 1.23 bits per heavy atom. The Morgan fingerprint density at radius 2 is 1.96 bits per heavy atom. The number of nitrogens with one attached hydrogen (secondary N) is 1. The number of likely N-dealkylation sites (N-methyl/N-ethyl adjacent to an activating group) is 1. The topological polar surface area (TPSA) is 42.3 Å². The molecule has 1 heterocycles. The summed E-state index contributed by atoms with van der Waals surface area (Å²) >= 11 is 6.42. The Labute approximate surface area is 162 Å². The molecule has 0 unspecified atom stereocenters. The number of halogens is 1. The van der Waals surface area contributed by atoms with Gasteiger partial charge in [-0.25, -0.2) is 0 Å². The molecule has 5 nitrogen and oxygen atoms in total. The Balaban J connectivity index is 2.09. The summed E-state index contributed by atoms with van der Waals surface area (Å²) in [4.78, 5) is 2.25. The van der Waals surface area contributed by atoms with Gasteiger partial charge in [0.05, 0.1) is 22.9 Å². The van der Waals surface area contributed by atoms with Gasteiger partial charge in [0.25, 0.3) is 0 Å². The first-order chi connectivity index (χ1) is 12.3. The monoisotopic (exact) mass is 378 g/mol. The van der Waals surface area contributed by atoms with E-state index in [9.17, 15) is 0 Å². The molecule has 0 aliphatic heterocycles. The summed E-state index contributed by atoms with van der Waals surface area (Å²) in [5, 5.41) is 9.09. The molecule has 0 saturated carbocycles. The van der Waals surface area contributed by atoms with Crippen LogP contribution in [0.4, 0.5) is 0 Å². The molecule has 6 heteroatoms. The van der Waals surface area contributed by atoms with Crippen LogP contribution in [0.25, 0.3) is 11.3 Å². The first-order valence-corrected chi connectivity index (χ1v) is 9.43. The molecule has 0 fully saturated rings. The number of benzene rings is 1. The number of ether oxygens (including phenoxy) is 1. The van der Waals surface area contributed by atoms with Crippen LogP contribution in [0.1, 0.15) is 26.3 Å². The Hall–Kier alpha value is -1.40. The lowest BCUT2D eigenvalue weighted by Crippen LogP contribution is -2.31. The zero-order chi connectivity index (χ0) is 19.2. The summed E-state index contributed by atoms with van der Waals surface area (Å²) in [5.74, 6) is 0. The molecular weight excluding hydrogens is 348 g/mol. The maximum Gasteiger partial charge on any atom is 0.0983 e. The SMILES string of the molecule is COCCN(C)CCNCc1cn(C(C)(C)C)nc1-c1ccccc1Cl. The van der Waals surface area contributed by atoms with Gasteiger partial charge in [-0.3, -0.25) is 4.68 Å². The summed E-state index contributed by atoms with van der Waals surface area (Å²) in [5.41, 5.74) is 3.01. The standard InChI is InChI=1S/C20H31ClN4O/c1-20(2,3)25-15-16(14-22-10-11-24(4)12-13-26-5)19(23-25)17-8-6-7-9-18(17)21/h6-9,15,22H,10-14H2,1-5H3. The second-order valence-corrected chi connectivity index (χ2v) is 7.98. The zero-order valence-electron chi connectivity index (χ0n) is 16.6. The van der Waals surface area contributed by atoms with Crippen molar-refractivity contribution in [1.29, 1.82) is 0 Å². The van der Waals surface area contributed by atoms with E-state index >= 15 is 0 Å². The molecular formula is C20H31ClN4O. The third-order valence-corrected chi connectivity index (χ3v) is 4.60. The van der Waals surface area contributed by atoms with Crippen LogP contribution >= 0.6 is 11.6 Å². The number of hydrogen-bond acceptors (Lipinski definition) is 4. The van der Waals surface area contributed by atoms with Gasteiger partial charge < -0.3 is 15.0 Å². The van der Waals surface area contributed by atoms with E-state index in [0.717, 1.165) is 54.6 Å². The van der Waals surface area contributed by atoms with Gasteiger partial charge in [0.2, 0.25) is 0 Å². The molecule has 1 aromatic heterocycles. The van der Waals surface area contributed by atoms with E-state index in [1.165, 1.54) is 0 Å². The molecule has 0 amide bonds. The van der Waals surface area contributed by atoms with Crippen LogP contribution in [0.3, 0.4) is 0 Å². The number of hydrogen-bond donors (Lipinski definition) is 1. The predicted molar refractivity (Wildman–Crippen MR) is 109 cm³/mol. The van der Waals surface area contributed by atoms with Gasteiger partial charge in [0.15, 0.2) is 0 Å². The van der Waals surface area contributed by atoms with Gasteiger partial charge in [-0.15, -0.1) is 0 Å². The van der Waals surface area contributed by atoms with Crippen molar-refractivity contribution in [2.24, 2.45) is 0 Å². The molecule has 144 valence electrons. The number of rotatable bonds is 9. The molecule has 26 heavy (non-hydrogen) atoms. The van der Waals surface area contributed by atoms with Crippen LogP contribution in [-0.2, 0) is 16.8 Å². The molecule has 0 saturated heterocycles. The Bertz CT molecular complexity index is 693. The van der Waals surface area contributed by atoms with Gasteiger partial charge in [-0.2, -0.15) is 5.10 Å². The third kappa shape index (κ3) is 5.81. The highest BCUT2D eigenvalue weighted by Gasteiger charge is 2.20. The van der Waals surface area contributed by atoms with Crippen molar-refractivity contribution in [2.45, 2.75) is 32.9 Å². The van der Waals surface area contributed by atoms with E-state index in [1.807, 2.05) is 28.9 Å². The van der Waals surface area contributed by atoms with Crippen molar-refractivity contribution in [3.8, 4) is 11.3 Å². The minimum atomic E-state index is -0.0748. The highest BCUT2D eigenvalue weighted by molar-refractivity contribution is 6.33. The van der Waals surface area contributed by atoms with Gasteiger partial charge in [0.1, 0.15) is 0 Å². The van der Waals surface area contributed by atoms with E-state index in [1.54, 1.807) is 7.11 Å². The van der Waals surface area contributed by atoms with E-state index in [0.29, 0.717) is 0 Å². The van der Waals surface area contributed by atoms with Gasteiger partial charge in [0, 0.05) is 50.6 Å². The molecule has 1 N–H and O–H groups in total. The van der Waals surface area contributed by atoms with Crippen LogP contribution in [0.15, 0.2) is 30.5 Å². The van der Waals surface area contributed by atoms with Crippen LogP contribution in [0.2, 0.25) is 5.02 Å². The molecule has 0 atom stereocenters. The van der Waals surface area contributed by atoms with Gasteiger partial charge in [-0.05, 0) is 33.9 Å². The fourth-order valence-electron chi connectivity index (χ4n) is 2.61. The number of methoxy groups -OCH3 is 1. The lowest BCUT2D eigenvalue weighted by molar-refractivity contribution is 0.161. The number of nitrogens with zero attached hydrogens (tertiary/aromatic N) is 3. The van der Waals surface area contributed by atoms with E-state index in [2.05, 4.69) is 44.2 Å². The molecule has 0 aliphatic rings. The van der Waals surface area contributed by atoms with Crippen molar-refractivity contribution >= 4 is 11.6 Å². The molecule has 0 aliphatic carbocycles. The summed E-state index contributed by atoms with van der Waals surface area (Å²) in [6.45, 7) is 10.8. The van der Waals surface area contributed by atoms with E-state index < -0.39 is 0 Å². The van der Waals surface area contributed by atoms with Crippen LogP contribution < -0.4 is 5.32 Å². The lowest BCUT2D eigenvalue weighted by Gasteiger charge is -2.19. The fraction of sp³-hybridized carbons (Fsp3) is 0.550. The maximum atomic E-state index is 6.42. The van der Waals surface area contributed by atoms with Crippen molar-refractivity contribution in [1.82, 2.24) is 20.0 Å². The Kier molecular flexibility index (Phi) is 7.65. The lowest BCUT2D eigenvalue weighted by atomic mass is 10.1. The average molecular weight is 379 g/mol. The molecule has 0 spiro atoms. The minimum Gasteiger partial charge on any atom is -0.383 e. The second kappa shape index (κ2) is 9.51. The quantitative estimate of drug-likeness (QED) is 0.676. The highest BCUT2D eigenvalue weighted by Crippen LogP contribution is 2.30.